The lowest BCUT2D eigenvalue weighted by Gasteiger charge is -2.47. The van der Waals surface area contributed by atoms with Crippen molar-refractivity contribution in [1.82, 2.24) is 14.7 Å². The maximum atomic E-state index is 6.86. The van der Waals surface area contributed by atoms with E-state index >= 15 is 0 Å². The Kier molecular flexibility index (Phi) is 4.71. The Labute approximate surface area is 136 Å². The summed E-state index contributed by atoms with van der Waals surface area (Å²) in [5, 5.41) is 4.47. The van der Waals surface area contributed by atoms with Gasteiger partial charge in [0.1, 0.15) is 0 Å². The molecule has 1 saturated heterocycles. The Morgan fingerprint density at radius 3 is 2.52 bits per heavy atom. The normalized spacial score (nSPS) is 24.3. The Morgan fingerprint density at radius 2 is 1.90 bits per heavy atom. The molecule has 1 unspecified atom stereocenters. The highest BCUT2D eigenvalue weighted by Crippen LogP contribution is 2.45. The van der Waals surface area contributed by atoms with Crippen LogP contribution in [0.3, 0.4) is 0 Å². The van der Waals surface area contributed by atoms with E-state index in [-0.39, 0.29) is 11.6 Å². The number of aromatic nitrogens is 2. The lowest BCUT2D eigenvalue weighted by Crippen LogP contribution is -2.55. The van der Waals surface area contributed by atoms with Crippen LogP contribution < -0.4 is 5.73 Å². The van der Waals surface area contributed by atoms with Crippen molar-refractivity contribution in [1.29, 1.82) is 0 Å². The third kappa shape index (κ3) is 2.68. The molecule has 0 bridgehead atoms. The fourth-order valence-corrected chi connectivity index (χ4v) is 4.88. The van der Waals surface area contributed by atoms with Crippen molar-refractivity contribution in [2.24, 2.45) is 5.73 Å². The zero-order valence-electron chi connectivity index (χ0n) is 13.0. The highest BCUT2D eigenvalue weighted by Gasteiger charge is 2.46. The number of piperidine rings is 1. The molecule has 2 fully saturated rings. The van der Waals surface area contributed by atoms with Crippen LogP contribution in [0.25, 0.3) is 0 Å². The lowest BCUT2D eigenvalue weighted by molar-refractivity contribution is 0.0452. The summed E-state index contributed by atoms with van der Waals surface area (Å²) in [6.07, 6.45) is 11.0. The van der Waals surface area contributed by atoms with Crippen molar-refractivity contribution in [3.05, 3.63) is 16.4 Å². The number of hydrogen-bond donors (Lipinski definition) is 1. The van der Waals surface area contributed by atoms with Gasteiger partial charge in [-0.05, 0) is 61.6 Å². The summed E-state index contributed by atoms with van der Waals surface area (Å²) in [5.41, 5.74) is 8.19. The van der Waals surface area contributed by atoms with Crippen LogP contribution in [-0.2, 0) is 6.54 Å². The molecule has 4 nitrogen and oxygen atoms in total. The highest BCUT2D eigenvalue weighted by molar-refractivity contribution is 9.10. The third-order valence-electron chi connectivity index (χ3n) is 5.46. The van der Waals surface area contributed by atoms with E-state index in [1.807, 2.05) is 6.20 Å². The van der Waals surface area contributed by atoms with Gasteiger partial charge >= 0.3 is 0 Å². The van der Waals surface area contributed by atoms with E-state index < -0.39 is 0 Å². The second-order valence-electron chi connectivity index (χ2n) is 6.53. The average molecular weight is 355 g/mol. The van der Waals surface area contributed by atoms with Crippen molar-refractivity contribution < 1.29 is 0 Å². The fraction of sp³-hybridized carbons (Fsp3) is 0.812. The van der Waals surface area contributed by atoms with Crippen molar-refractivity contribution in [2.45, 2.75) is 70.0 Å². The van der Waals surface area contributed by atoms with Crippen LogP contribution in [0.2, 0.25) is 0 Å². The summed E-state index contributed by atoms with van der Waals surface area (Å²) < 4.78 is 3.14. The SMILES string of the molecule is CCn1ncc(Br)c1C(N)C1(N2CCCCC2)CCCC1. The summed E-state index contributed by atoms with van der Waals surface area (Å²) in [6, 6.07) is 0.0509. The van der Waals surface area contributed by atoms with Gasteiger partial charge < -0.3 is 5.73 Å². The van der Waals surface area contributed by atoms with E-state index in [0.29, 0.717) is 0 Å². The van der Waals surface area contributed by atoms with E-state index in [1.165, 1.54) is 63.7 Å². The number of halogens is 1. The molecule has 1 saturated carbocycles. The standard InChI is InChI=1S/C16H27BrN4/c1-2-21-14(13(17)12-19-21)15(18)16(8-4-5-9-16)20-10-6-3-7-11-20/h12,15H,2-11,18H2,1H3. The first kappa shape index (κ1) is 15.5. The van der Waals surface area contributed by atoms with E-state index in [9.17, 15) is 0 Å². The second-order valence-corrected chi connectivity index (χ2v) is 7.38. The van der Waals surface area contributed by atoms with Crippen molar-refractivity contribution in [2.75, 3.05) is 13.1 Å². The predicted octanol–water partition coefficient (Wildman–Crippen LogP) is 3.46. The van der Waals surface area contributed by atoms with Crippen LogP contribution in [0.1, 0.15) is 63.6 Å². The van der Waals surface area contributed by atoms with Gasteiger partial charge in [-0.3, -0.25) is 9.58 Å². The van der Waals surface area contributed by atoms with Gasteiger partial charge in [-0.15, -0.1) is 0 Å². The smallest absolute Gasteiger partial charge is 0.0712 e. The molecule has 1 aromatic rings. The molecule has 3 rings (SSSR count). The van der Waals surface area contributed by atoms with Gasteiger partial charge in [0.2, 0.25) is 0 Å². The molecule has 1 aromatic heterocycles. The predicted molar refractivity (Wildman–Crippen MR) is 89.2 cm³/mol. The molecule has 0 radical (unpaired) electrons. The Hall–Kier alpha value is -0.390. The molecule has 21 heavy (non-hydrogen) atoms. The topological polar surface area (TPSA) is 47.1 Å². The molecule has 5 heteroatoms. The summed E-state index contributed by atoms with van der Waals surface area (Å²) in [5.74, 6) is 0. The van der Waals surface area contributed by atoms with Crippen LogP contribution in [0.4, 0.5) is 0 Å². The average Bonchev–Trinajstić information content (AvgIpc) is 3.15. The second kappa shape index (κ2) is 6.39. The first-order valence-electron chi connectivity index (χ1n) is 8.41. The van der Waals surface area contributed by atoms with Gasteiger partial charge in [-0.25, -0.2) is 0 Å². The molecule has 2 heterocycles. The minimum atomic E-state index is 0.0509. The highest BCUT2D eigenvalue weighted by atomic mass is 79.9. The largest absolute Gasteiger partial charge is 0.321 e. The van der Waals surface area contributed by atoms with Crippen LogP contribution in [0, 0.1) is 0 Å². The lowest BCUT2D eigenvalue weighted by atomic mass is 9.83. The molecule has 0 aromatic carbocycles. The van der Waals surface area contributed by atoms with Gasteiger partial charge in [-0.2, -0.15) is 5.10 Å². The van der Waals surface area contributed by atoms with Gasteiger partial charge in [0.15, 0.2) is 0 Å². The number of aryl methyl sites for hydroxylation is 1. The van der Waals surface area contributed by atoms with Crippen LogP contribution in [0.15, 0.2) is 10.7 Å². The molecule has 1 aliphatic heterocycles. The number of nitrogens with zero attached hydrogens (tertiary/aromatic N) is 3. The van der Waals surface area contributed by atoms with Gasteiger partial charge in [0.05, 0.1) is 22.4 Å². The molecule has 1 atom stereocenters. The molecular formula is C16H27BrN4. The maximum absolute atomic E-state index is 6.86. The van der Waals surface area contributed by atoms with Crippen LogP contribution in [-0.4, -0.2) is 33.3 Å². The first-order chi connectivity index (χ1) is 10.2. The zero-order chi connectivity index (χ0) is 14.9. The van der Waals surface area contributed by atoms with E-state index in [4.69, 9.17) is 5.73 Å². The van der Waals surface area contributed by atoms with Crippen LogP contribution >= 0.6 is 15.9 Å². The number of likely N-dealkylation sites (tertiary alicyclic amines) is 1. The Morgan fingerprint density at radius 1 is 1.24 bits per heavy atom. The van der Waals surface area contributed by atoms with Gasteiger partial charge in [0, 0.05) is 12.1 Å². The van der Waals surface area contributed by atoms with E-state index in [2.05, 4.69) is 37.5 Å². The zero-order valence-corrected chi connectivity index (χ0v) is 14.6. The minimum absolute atomic E-state index is 0.0509. The molecule has 118 valence electrons. The van der Waals surface area contributed by atoms with Crippen molar-refractivity contribution in [3.63, 3.8) is 0 Å². The maximum Gasteiger partial charge on any atom is 0.0712 e. The monoisotopic (exact) mass is 354 g/mol. The number of nitrogens with two attached hydrogens (primary N) is 1. The molecule has 0 amide bonds. The summed E-state index contributed by atoms with van der Waals surface area (Å²) in [6.45, 7) is 5.44. The van der Waals surface area contributed by atoms with Crippen LogP contribution in [0.5, 0.6) is 0 Å². The summed E-state index contributed by atoms with van der Waals surface area (Å²) >= 11 is 3.67. The third-order valence-corrected chi connectivity index (χ3v) is 6.07. The Balaban J connectivity index is 1.94. The number of hydrogen-bond acceptors (Lipinski definition) is 3. The molecule has 2 N–H and O–H groups in total. The van der Waals surface area contributed by atoms with Crippen molar-refractivity contribution in [3.8, 4) is 0 Å². The quantitative estimate of drug-likeness (QED) is 0.900. The van der Waals surface area contributed by atoms with Gasteiger partial charge in [-0.1, -0.05) is 19.3 Å². The van der Waals surface area contributed by atoms with E-state index in [0.717, 1.165) is 11.0 Å². The van der Waals surface area contributed by atoms with Gasteiger partial charge in [0.25, 0.3) is 0 Å². The molecular weight excluding hydrogens is 328 g/mol. The minimum Gasteiger partial charge on any atom is -0.321 e. The summed E-state index contributed by atoms with van der Waals surface area (Å²) in [7, 11) is 0. The first-order valence-corrected chi connectivity index (χ1v) is 9.20. The Bertz CT molecular complexity index is 473. The molecule has 0 spiro atoms. The molecule has 1 aliphatic carbocycles. The summed E-state index contributed by atoms with van der Waals surface area (Å²) in [4.78, 5) is 2.70. The number of rotatable bonds is 4. The fourth-order valence-electron chi connectivity index (χ4n) is 4.34. The van der Waals surface area contributed by atoms with Crippen molar-refractivity contribution >= 4 is 15.9 Å². The van der Waals surface area contributed by atoms with E-state index in [1.54, 1.807) is 0 Å². The molecule has 2 aliphatic rings.